The van der Waals surface area contributed by atoms with Gasteiger partial charge in [-0.3, -0.25) is 4.79 Å². The smallest absolute Gasteiger partial charge is 0.252 e. The van der Waals surface area contributed by atoms with Gasteiger partial charge in [-0.25, -0.2) is 4.39 Å². The van der Waals surface area contributed by atoms with Crippen molar-refractivity contribution in [1.29, 1.82) is 0 Å². The van der Waals surface area contributed by atoms with Crippen LogP contribution >= 0.6 is 0 Å². The molecule has 0 atom stereocenters. The van der Waals surface area contributed by atoms with Gasteiger partial charge in [-0.2, -0.15) is 0 Å². The van der Waals surface area contributed by atoms with Crippen molar-refractivity contribution in [3.63, 3.8) is 0 Å². The summed E-state index contributed by atoms with van der Waals surface area (Å²) in [6.45, 7) is 6.87. The second-order valence-corrected chi connectivity index (χ2v) is 12.1. The van der Waals surface area contributed by atoms with E-state index in [-0.39, 0.29) is 22.8 Å². The Morgan fingerprint density at radius 3 is 2.67 bits per heavy atom. The summed E-state index contributed by atoms with van der Waals surface area (Å²) in [6, 6.07) is 11.5. The Balaban J connectivity index is 1.49. The monoisotopic (exact) mass is 568 g/mol. The van der Waals surface area contributed by atoms with Crippen molar-refractivity contribution < 1.29 is 23.8 Å². The Hall–Kier alpha value is -4.26. The molecule has 2 aliphatic heterocycles. The molecule has 6 nitrogen and oxygen atoms in total. The van der Waals surface area contributed by atoms with Gasteiger partial charge < -0.3 is 25.2 Å². The maximum absolute atomic E-state index is 14.5. The summed E-state index contributed by atoms with van der Waals surface area (Å²) in [5.74, 6) is 1.04. The molecule has 3 aromatic carbocycles. The molecule has 218 valence electrons. The first kappa shape index (κ1) is 27.9. The molecule has 1 saturated carbocycles. The van der Waals surface area contributed by atoms with Crippen LogP contribution in [-0.4, -0.2) is 30.2 Å². The molecule has 3 aliphatic rings. The predicted octanol–water partition coefficient (Wildman–Crippen LogP) is 8.01. The zero-order valence-electron chi connectivity index (χ0n) is 24.6. The molecule has 42 heavy (non-hydrogen) atoms. The molecule has 0 spiro atoms. The summed E-state index contributed by atoms with van der Waals surface area (Å²) in [5, 5.41) is 17.3. The van der Waals surface area contributed by atoms with Gasteiger partial charge in [0.05, 0.1) is 18.2 Å². The third-order valence-electron chi connectivity index (χ3n) is 8.49. The van der Waals surface area contributed by atoms with Crippen LogP contribution < -0.4 is 20.1 Å². The molecule has 7 heteroatoms. The molecule has 6 rings (SSSR count). The molecule has 3 N–H and O–H groups in total. The maximum Gasteiger partial charge on any atom is 0.252 e. The largest absolute Gasteiger partial charge is 0.504 e. The van der Waals surface area contributed by atoms with Crippen molar-refractivity contribution in [2.24, 2.45) is 5.92 Å². The number of allylic oxidation sites excluding steroid dienone is 1. The Bertz CT molecular complexity index is 1630. The van der Waals surface area contributed by atoms with E-state index < -0.39 is 5.82 Å². The number of phenols is 1. The van der Waals surface area contributed by atoms with Gasteiger partial charge in [0, 0.05) is 34.5 Å². The minimum atomic E-state index is -0.474. The molecule has 0 unspecified atom stereocenters. The van der Waals surface area contributed by atoms with Crippen LogP contribution in [0.2, 0.25) is 0 Å². The van der Waals surface area contributed by atoms with Gasteiger partial charge in [0.2, 0.25) is 0 Å². The van der Waals surface area contributed by atoms with E-state index in [0.717, 1.165) is 40.8 Å². The summed E-state index contributed by atoms with van der Waals surface area (Å²) < 4.78 is 26.7. The first-order valence-corrected chi connectivity index (χ1v) is 14.7. The number of aromatic hydroxyl groups is 1. The van der Waals surface area contributed by atoms with Gasteiger partial charge in [-0.1, -0.05) is 37.5 Å². The van der Waals surface area contributed by atoms with Crippen LogP contribution in [0.15, 0.2) is 48.5 Å². The molecule has 0 aromatic heterocycles. The number of hydrogen-bond donors (Lipinski definition) is 3. The molecule has 0 radical (unpaired) electrons. The number of anilines is 1. The van der Waals surface area contributed by atoms with E-state index >= 15 is 0 Å². The van der Waals surface area contributed by atoms with E-state index in [1.807, 2.05) is 18.2 Å². The summed E-state index contributed by atoms with van der Waals surface area (Å²) >= 11 is 0. The number of hydrogen-bond acceptors (Lipinski definition) is 5. The second kappa shape index (κ2) is 10.9. The highest BCUT2D eigenvalue weighted by Gasteiger charge is 2.33. The van der Waals surface area contributed by atoms with E-state index in [2.05, 4.69) is 37.5 Å². The standard InChI is InChI=1S/C35H37FN2O4/c1-20-18-35(2,3)38-26-13-12-24-31(30(20)26)29(42-28-15-14-27(39)33(41-4)32(24)28)16-22-10-11-23(36)17-25(22)34(40)37-19-21-8-6-5-7-9-21/h10-18,21,38-39H,5-9,19H2,1-4H3,(H,37,40)/b29-16-. The summed E-state index contributed by atoms with van der Waals surface area (Å²) in [5.41, 5.74) is 5.80. The average molecular weight is 569 g/mol. The van der Waals surface area contributed by atoms with E-state index in [0.29, 0.717) is 40.8 Å². The number of benzene rings is 3. The quantitative estimate of drug-likeness (QED) is 0.291. The number of nitrogens with one attached hydrogen (secondary N) is 2. The molecule has 0 bridgehead atoms. The highest BCUT2D eigenvalue weighted by molar-refractivity contribution is 6.04. The zero-order valence-corrected chi connectivity index (χ0v) is 24.6. The first-order valence-electron chi connectivity index (χ1n) is 14.7. The van der Waals surface area contributed by atoms with Gasteiger partial charge in [-0.05, 0) is 87.1 Å². The number of ether oxygens (including phenoxy) is 2. The Labute approximate surface area is 246 Å². The van der Waals surface area contributed by atoms with Gasteiger partial charge in [0.25, 0.3) is 5.91 Å². The Morgan fingerprint density at radius 1 is 1.12 bits per heavy atom. The lowest BCUT2D eigenvalue weighted by Gasteiger charge is -2.35. The maximum atomic E-state index is 14.5. The summed E-state index contributed by atoms with van der Waals surface area (Å²) in [6.07, 6.45) is 9.80. The highest BCUT2D eigenvalue weighted by atomic mass is 19.1. The van der Waals surface area contributed by atoms with Crippen LogP contribution in [0.5, 0.6) is 17.2 Å². The molecule has 3 aromatic rings. The molecule has 0 saturated heterocycles. The minimum Gasteiger partial charge on any atom is -0.504 e. The van der Waals surface area contributed by atoms with Crippen molar-refractivity contribution in [3.05, 3.63) is 76.6 Å². The fourth-order valence-corrected chi connectivity index (χ4v) is 6.66. The van der Waals surface area contributed by atoms with Crippen molar-refractivity contribution in [2.75, 3.05) is 19.0 Å². The van der Waals surface area contributed by atoms with E-state index in [9.17, 15) is 14.3 Å². The van der Waals surface area contributed by atoms with Crippen molar-refractivity contribution >= 4 is 29.0 Å². The third kappa shape index (κ3) is 5.13. The number of rotatable bonds is 5. The van der Waals surface area contributed by atoms with Crippen LogP contribution in [0.3, 0.4) is 0 Å². The number of carbonyl (C=O) groups excluding carboxylic acids is 1. The number of phenolic OH excluding ortho intramolecular Hbond substituents is 1. The normalized spacial score (nSPS) is 18.1. The van der Waals surface area contributed by atoms with E-state index in [1.54, 1.807) is 12.1 Å². The lowest BCUT2D eigenvalue weighted by Crippen LogP contribution is -2.32. The number of methoxy groups -OCH3 is 1. The van der Waals surface area contributed by atoms with E-state index in [1.165, 1.54) is 44.6 Å². The van der Waals surface area contributed by atoms with Gasteiger partial charge in [-0.15, -0.1) is 0 Å². The number of amides is 1. The first-order chi connectivity index (χ1) is 20.1. The fourth-order valence-electron chi connectivity index (χ4n) is 6.66. The lowest BCUT2D eigenvalue weighted by atomic mass is 9.82. The van der Waals surface area contributed by atoms with Crippen molar-refractivity contribution in [2.45, 2.75) is 58.4 Å². The van der Waals surface area contributed by atoms with Gasteiger partial charge >= 0.3 is 0 Å². The number of fused-ring (bicyclic) bond motifs is 5. The van der Waals surface area contributed by atoms with Crippen LogP contribution in [-0.2, 0) is 0 Å². The molecule has 2 heterocycles. The van der Waals surface area contributed by atoms with Crippen molar-refractivity contribution in [1.82, 2.24) is 5.32 Å². The zero-order chi connectivity index (χ0) is 29.6. The van der Waals surface area contributed by atoms with Crippen LogP contribution in [0.4, 0.5) is 10.1 Å². The SMILES string of the molecule is COc1c(O)ccc2c1-c1ccc3c(c1/C(=C/c1ccc(F)cc1C(=O)NCC1CCCCC1)O2)C(C)=CC(C)(C)N3. The number of halogens is 1. The fraction of sp³-hybridized carbons (Fsp3) is 0.343. The third-order valence-corrected chi connectivity index (χ3v) is 8.49. The van der Waals surface area contributed by atoms with E-state index in [4.69, 9.17) is 9.47 Å². The van der Waals surface area contributed by atoms with Gasteiger partial charge in [0.1, 0.15) is 17.3 Å². The topological polar surface area (TPSA) is 79.8 Å². The molecular weight excluding hydrogens is 531 g/mol. The van der Waals surface area contributed by atoms with Crippen LogP contribution in [0.25, 0.3) is 28.5 Å². The van der Waals surface area contributed by atoms with Gasteiger partial charge in [0.15, 0.2) is 11.5 Å². The molecular formula is C35H37FN2O4. The Kier molecular flexibility index (Phi) is 7.21. The lowest BCUT2D eigenvalue weighted by molar-refractivity contribution is 0.0943. The minimum absolute atomic E-state index is 0.0120. The second-order valence-electron chi connectivity index (χ2n) is 12.1. The summed E-state index contributed by atoms with van der Waals surface area (Å²) in [7, 11) is 1.52. The van der Waals surface area contributed by atoms with Crippen LogP contribution in [0.1, 0.15) is 79.9 Å². The Morgan fingerprint density at radius 2 is 1.90 bits per heavy atom. The van der Waals surface area contributed by atoms with Crippen LogP contribution in [0, 0.1) is 11.7 Å². The predicted molar refractivity (Wildman–Crippen MR) is 165 cm³/mol. The average Bonchev–Trinajstić information content (AvgIpc) is 2.96. The molecule has 1 aliphatic carbocycles. The molecule has 1 amide bonds. The summed E-state index contributed by atoms with van der Waals surface area (Å²) in [4.78, 5) is 13.4. The molecule has 1 fully saturated rings. The highest BCUT2D eigenvalue weighted by Crippen LogP contribution is 2.54. The number of carbonyl (C=O) groups is 1. The van der Waals surface area contributed by atoms with Crippen molar-refractivity contribution in [3.8, 4) is 28.4 Å².